The van der Waals surface area contributed by atoms with Crippen molar-refractivity contribution in [3.05, 3.63) is 34.4 Å². The SMILES string of the molecule is C/C=c1/c(N)nnc(NCCC)/c1=C(/C/C=C\C(=C/CC)OC)NC.CC.CC.CC.CCCCCC. The Kier molecular flexibility index (Phi) is 37.7. The molecule has 6 nitrogen and oxygen atoms in total. The van der Waals surface area contributed by atoms with Crippen molar-refractivity contribution in [2.75, 3.05) is 31.8 Å². The van der Waals surface area contributed by atoms with Gasteiger partial charge in [0.15, 0.2) is 11.6 Å². The summed E-state index contributed by atoms with van der Waals surface area (Å²) in [4.78, 5) is 0. The van der Waals surface area contributed by atoms with E-state index in [-0.39, 0.29) is 0 Å². The molecule has 1 aromatic heterocycles. The first-order chi connectivity index (χ1) is 18.0. The van der Waals surface area contributed by atoms with Crippen molar-refractivity contribution in [2.24, 2.45) is 0 Å². The van der Waals surface area contributed by atoms with Crippen LogP contribution in [0.15, 0.2) is 24.0 Å². The highest BCUT2D eigenvalue weighted by Crippen LogP contribution is 2.05. The van der Waals surface area contributed by atoms with Crippen LogP contribution in [0.2, 0.25) is 0 Å². The number of hydrogen-bond donors (Lipinski definition) is 3. The fraction of sp³-hybridized carbons (Fsp3) is 0.677. The molecule has 1 heterocycles. The molecule has 218 valence electrons. The average Bonchev–Trinajstić information content (AvgIpc) is 2.96. The number of nitrogens with one attached hydrogen (secondary N) is 2. The predicted molar refractivity (Wildman–Crippen MR) is 170 cm³/mol. The van der Waals surface area contributed by atoms with Gasteiger partial charge in [0, 0.05) is 36.1 Å². The Morgan fingerprint density at radius 2 is 1.49 bits per heavy atom. The fourth-order valence-electron chi connectivity index (χ4n) is 2.97. The van der Waals surface area contributed by atoms with Crippen molar-refractivity contribution in [3.63, 3.8) is 0 Å². The van der Waals surface area contributed by atoms with Crippen LogP contribution in [0.5, 0.6) is 0 Å². The monoisotopic (exact) mass is 522 g/mol. The van der Waals surface area contributed by atoms with Crippen molar-refractivity contribution < 1.29 is 4.74 Å². The standard InChI is InChI=1S/C19H31N5O.C6H14.3C2H6/c1-6-10-14(25-5)11-9-12-16(21-4)17-15(8-3)18(20)23-24-19(17)22-13-7-2;1-3-5-6-4-2;3*1-2/h8-11,21H,6-7,12-13H2,1-5H3,(H2,20,23)(H,22,24);3-6H2,1-2H3;3*1-2H3/b11-9-,14-10+,15-8+,17-16-;;;;. The zero-order chi connectivity index (χ0) is 29.5. The number of hydrogen-bond acceptors (Lipinski definition) is 6. The van der Waals surface area contributed by atoms with Gasteiger partial charge >= 0.3 is 0 Å². The van der Waals surface area contributed by atoms with Crippen LogP contribution >= 0.6 is 0 Å². The van der Waals surface area contributed by atoms with E-state index < -0.39 is 0 Å². The number of rotatable bonds is 12. The average molecular weight is 522 g/mol. The van der Waals surface area contributed by atoms with E-state index in [1.165, 1.54) is 25.7 Å². The van der Waals surface area contributed by atoms with Crippen molar-refractivity contribution in [1.29, 1.82) is 0 Å². The van der Waals surface area contributed by atoms with Gasteiger partial charge in [-0.1, -0.05) is 107 Å². The highest BCUT2D eigenvalue weighted by atomic mass is 16.5. The highest BCUT2D eigenvalue weighted by molar-refractivity contribution is 5.57. The van der Waals surface area contributed by atoms with Gasteiger partial charge in [0.05, 0.1) is 7.11 Å². The quantitative estimate of drug-likeness (QED) is 0.149. The number of anilines is 2. The second kappa shape index (κ2) is 33.5. The summed E-state index contributed by atoms with van der Waals surface area (Å²) < 4.78 is 5.34. The van der Waals surface area contributed by atoms with E-state index in [0.717, 1.165) is 47.1 Å². The molecular formula is C31H63N5O. The number of aromatic nitrogens is 2. The smallest absolute Gasteiger partial charge is 0.158 e. The second-order valence-corrected chi connectivity index (χ2v) is 7.20. The molecule has 0 aliphatic heterocycles. The van der Waals surface area contributed by atoms with Crippen LogP contribution in [-0.2, 0) is 4.74 Å². The van der Waals surface area contributed by atoms with Crippen LogP contribution in [-0.4, -0.2) is 30.9 Å². The zero-order valence-corrected chi connectivity index (χ0v) is 26.8. The zero-order valence-electron chi connectivity index (χ0n) is 26.8. The molecule has 1 rings (SSSR count). The maximum atomic E-state index is 6.04. The Balaban J connectivity index is -0.000000385. The van der Waals surface area contributed by atoms with E-state index >= 15 is 0 Å². The molecule has 0 saturated carbocycles. The number of nitrogens with zero attached hydrogens (tertiary/aromatic N) is 2. The van der Waals surface area contributed by atoms with Gasteiger partial charge in [-0.05, 0) is 31.9 Å². The van der Waals surface area contributed by atoms with E-state index in [2.05, 4.69) is 54.6 Å². The molecule has 0 radical (unpaired) electrons. The third-order valence-electron chi connectivity index (χ3n) is 4.68. The van der Waals surface area contributed by atoms with Gasteiger partial charge in [-0.2, -0.15) is 0 Å². The lowest BCUT2D eigenvalue weighted by molar-refractivity contribution is 0.305. The van der Waals surface area contributed by atoms with E-state index in [0.29, 0.717) is 12.2 Å². The summed E-state index contributed by atoms with van der Waals surface area (Å²) in [5.74, 6) is 2.04. The molecule has 1 aromatic rings. The maximum absolute atomic E-state index is 6.04. The second-order valence-electron chi connectivity index (χ2n) is 7.20. The highest BCUT2D eigenvalue weighted by Gasteiger charge is 2.07. The molecular weight excluding hydrogens is 458 g/mol. The van der Waals surface area contributed by atoms with Crippen LogP contribution in [0.1, 0.15) is 121 Å². The minimum atomic E-state index is 0.430. The summed E-state index contributed by atoms with van der Waals surface area (Å²) >= 11 is 0. The van der Waals surface area contributed by atoms with E-state index in [4.69, 9.17) is 10.5 Å². The molecule has 0 amide bonds. The Morgan fingerprint density at radius 1 is 0.919 bits per heavy atom. The van der Waals surface area contributed by atoms with Crippen molar-refractivity contribution in [1.82, 2.24) is 15.5 Å². The van der Waals surface area contributed by atoms with Crippen LogP contribution in [0, 0.1) is 0 Å². The molecule has 0 aromatic carbocycles. The first-order valence-electron chi connectivity index (χ1n) is 14.7. The van der Waals surface area contributed by atoms with E-state index in [1.54, 1.807) is 7.11 Å². The molecule has 0 spiro atoms. The molecule has 0 fully saturated rings. The number of nitrogens with two attached hydrogens (primary N) is 1. The minimum absolute atomic E-state index is 0.430. The number of methoxy groups -OCH3 is 1. The molecule has 0 unspecified atom stereocenters. The molecule has 4 N–H and O–H groups in total. The third kappa shape index (κ3) is 20.3. The maximum Gasteiger partial charge on any atom is 0.158 e. The lowest BCUT2D eigenvalue weighted by Crippen LogP contribution is -2.37. The number of unbranched alkanes of at least 4 members (excludes halogenated alkanes) is 3. The van der Waals surface area contributed by atoms with E-state index in [1.807, 2.05) is 73.7 Å². The van der Waals surface area contributed by atoms with Gasteiger partial charge < -0.3 is 21.1 Å². The van der Waals surface area contributed by atoms with Gasteiger partial charge in [0.25, 0.3) is 0 Å². The van der Waals surface area contributed by atoms with Gasteiger partial charge in [-0.25, -0.2) is 0 Å². The van der Waals surface area contributed by atoms with Crippen LogP contribution in [0.25, 0.3) is 11.8 Å². The lowest BCUT2D eigenvalue weighted by Gasteiger charge is -2.11. The molecule has 0 saturated heterocycles. The third-order valence-corrected chi connectivity index (χ3v) is 4.68. The molecule has 0 bridgehead atoms. The summed E-state index contributed by atoms with van der Waals surface area (Å²) in [6.45, 7) is 23.4. The van der Waals surface area contributed by atoms with Gasteiger partial charge in [-0.15, -0.1) is 10.2 Å². The first-order valence-corrected chi connectivity index (χ1v) is 14.7. The summed E-state index contributed by atoms with van der Waals surface area (Å²) in [5, 5.41) is 16.8. The Hall–Kier alpha value is -2.50. The summed E-state index contributed by atoms with van der Waals surface area (Å²) in [6, 6.07) is 0. The number of nitrogen functional groups attached to an aromatic ring is 1. The fourth-order valence-corrected chi connectivity index (χ4v) is 2.97. The normalized spacial score (nSPS) is 11.4. The summed E-state index contributed by atoms with van der Waals surface area (Å²) in [5.41, 5.74) is 7.06. The van der Waals surface area contributed by atoms with Crippen molar-refractivity contribution in [3.8, 4) is 0 Å². The van der Waals surface area contributed by atoms with E-state index in [9.17, 15) is 0 Å². The molecule has 0 atom stereocenters. The van der Waals surface area contributed by atoms with Crippen LogP contribution in [0.3, 0.4) is 0 Å². The first kappa shape index (κ1) is 41.6. The Bertz CT molecular complexity index is 782. The summed E-state index contributed by atoms with van der Waals surface area (Å²) in [6.07, 6.45) is 16.2. The van der Waals surface area contributed by atoms with Gasteiger partial charge in [-0.3, -0.25) is 0 Å². The lowest BCUT2D eigenvalue weighted by atomic mass is 10.1. The predicted octanol–water partition coefficient (Wildman–Crippen LogP) is 7.56. The molecule has 6 heteroatoms. The molecule has 0 aliphatic rings. The minimum Gasteiger partial charge on any atom is -0.497 e. The largest absolute Gasteiger partial charge is 0.497 e. The number of allylic oxidation sites excluding steroid dienone is 2. The molecule has 0 aliphatic carbocycles. The van der Waals surface area contributed by atoms with Crippen LogP contribution < -0.4 is 26.8 Å². The molecule has 37 heavy (non-hydrogen) atoms. The summed E-state index contributed by atoms with van der Waals surface area (Å²) in [7, 11) is 3.58. The van der Waals surface area contributed by atoms with Gasteiger partial charge in [0.1, 0.15) is 5.76 Å². The Labute approximate surface area is 231 Å². The van der Waals surface area contributed by atoms with Crippen LogP contribution in [0.4, 0.5) is 11.6 Å². The number of ether oxygens (including phenoxy) is 1. The van der Waals surface area contributed by atoms with Crippen molar-refractivity contribution >= 4 is 23.4 Å². The Morgan fingerprint density at radius 3 is 1.89 bits per heavy atom. The van der Waals surface area contributed by atoms with Gasteiger partial charge in [0.2, 0.25) is 0 Å². The topological polar surface area (TPSA) is 85.1 Å². The van der Waals surface area contributed by atoms with Crippen molar-refractivity contribution in [2.45, 2.75) is 121 Å².